The average Bonchev–Trinajstić information content (AvgIpc) is 3.30. The van der Waals surface area contributed by atoms with Crippen LogP contribution >= 0.6 is 0 Å². The highest BCUT2D eigenvalue weighted by Crippen LogP contribution is 2.30. The van der Waals surface area contributed by atoms with E-state index in [2.05, 4.69) is 35.3 Å². The van der Waals surface area contributed by atoms with Crippen molar-refractivity contribution in [3.05, 3.63) is 108 Å². The maximum atomic E-state index is 9.73. The van der Waals surface area contributed by atoms with Crippen LogP contribution < -0.4 is 9.47 Å². The molecule has 0 aliphatic heterocycles. The number of allylic oxidation sites excluding steroid dienone is 1. The Labute approximate surface area is 198 Å². The highest BCUT2D eigenvalue weighted by atomic mass is 16.5. The summed E-state index contributed by atoms with van der Waals surface area (Å²) in [5, 5.41) is 12.1. The summed E-state index contributed by atoms with van der Waals surface area (Å²) in [4.78, 5) is 4.41. The molecule has 0 bridgehead atoms. The molecule has 0 radical (unpaired) electrons. The van der Waals surface area contributed by atoms with E-state index >= 15 is 0 Å². The minimum atomic E-state index is 0.435. The normalized spacial score (nSPS) is 11.5. The molecule has 4 aromatic carbocycles. The fraction of sp³-hybridized carbons (Fsp3) is 0.103. The second-order valence-corrected chi connectivity index (χ2v) is 7.98. The van der Waals surface area contributed by atoms with Gasteiger partial charge in [-0.2, -0.15) is 5.26 Å². The zero-order valence-electron chi connectivity index (χ0n) is 18.8. The van der Waals surface area contributed by atoms with Crippen LogP contribution in [0.4, 0.5) is 0 Å². The third kappa shape index (κ3) is 4.35. The van der Waals surface area contributed by atoms with Crippen LogP contribution in [0, 0.1) is 11.3 Å². The topological polar surface area (TPSA) is 60.1 Å². The van der Waals surface area contributed by atoms with Crippen molar-refractivity contribution < 1.29 is 9.47 Å². The van der Waals surface area contributed by atoms with Crippen LogP contribution in [0.5, 0.6) is 11.5 Å². The van der Waals surface area contributed by atoms with Crippen molar-refractivity contribution in [3.8, 4) is 17.6 Å². The van der Waals surface area contributed by atoms with Crippen molar-refractivity contribution in [2.45, 2.75) is 13.2 Å². The molecular formula is C29H23N3O2. The van der Waals surface area contributed by atoms with E-state index in [-0.39, 0.29) is 0 Å². The number of aromatic nitrogens is 2. The minimum absolute atomic E-state index is 0.435. The van der Waals surface area contributed by atoms with Crippen LogP contribution in [0.15, 0.2) is 96.8 Å². The molecule has 0 unspecified atom stereocenters. The van der Waals surface area contributed by atoms with Gasteiger partial charge in [-0.1, -0.05) is 60.7 Å². The Bertz CT molecular complexity index is 1540. The van der Waals surface area contributed by atoms with Crippen molar-refractivity contribution in [3.63, 3.8) is 0 Å². The zero-order valence-corrected chi connectivity index (χ0v) is 18.8. The number of imidazole rings is 1. The molecule has 1 heterocycles. The van der Waals surface area contributed by atoms with E-state index in [1.54, 1.807) is 13.4 Å². The molecule has 1 aromatic heterocycles. The smallest absolute Gasteiger partial charge is 0.161 e. The Kier molecular flexibility index (Phi) is 5.96. The lowest BCUT2D eigenvalue weighted by molar-refractivity contribution is 0.285. The van der Waals surface area contributed by atoms with Gasteiger partial charge in [0.15, 0.2) is 11.5 Å². The number of rotatable bonds is 7. The quantitative estimate of drug-likeness (QED) is 0.273. The minimum Gasteiger partial charge on any atom is -0.493 e. The first-order valence-electron chi connectivity index (χ1n) is 11.0. The number of nitrogens with zero attached hydrogens (tertiary/aromatic N) is 3. The summed E-state index contributed by atoms with van der Waals surface area (Å²) in [5.74, 6) is 1.28. The number of fused-ring (bicyclic) bond motifs is 2. The van der Waals surface area contributed by atoms with Gasteiger partial charge in [0.05, 0.1) is 37.1 Å². The summed E-state index contributed by atoms with van der Waals surface area (Å²) in [5.41, 5.74) is 4.51. The number of nitriles is 1. The molecule has 34 heavy (non-hydrogen) atoms. The van der Waals surface area contributed by atoms with Crippen molar-refractivity contribution in [2.24, 2.45) is 0 Å². The van der Waals surface area contributed by atoms with E-state index in [4.69, 9.17) is 9.47 Å². The third-order valence-corrected chi connectivity index (χ3v) is 5.80. The molecule has 0 N–H and O–H groups in total. The van der Waals surface area contributed by atoms with Crippen LogP contribution in [0.1, 0.15) is 11.1 Å². The van der Waals surface area contributed by atoms with Gasteiger partial charge in [-0.3, -0.25) is 0 Å². The molecule has 0 saturated heterocycles. The molecular weight excluding hydrogens is 422 g/mol. The van der Waals surface area contributed by atoms with Gasteiger partial charge in [-0.25, -0.2) is 4.98 Å². The van der Waals surface area contributed by atoms with Gasteiger partial charge in [-0.05, 0) is 52.2 Å². The molecule has 5 rings (SSSR count). The lowest BCUT2D eigenvalue weighted by Gasteiger charge is -2.13. The lowest BCUT2D eigenvalue weighted by Crippen LogP contribution is -2.00. The third-order valence-electron chi connectivity index (χ3n) is 5.80. The fourth-order valence-electron chi connectivity index (χ4n) is 4.10. The van der Waals surface area contributed by atoms with E-state index in [9.17, 15) is 5.26 Å². The van der Waals surface area contributed by atoms with Gasteiger partial charge in [0.1, 0.15) is 6.61 Å². The molecule has 0 fully saturated rings. The predicted molar refractivity (Wildman–Crippen MR) is 135 cm³/mol. The van der Waals surface area contributed by atoms with Gasteiger partial charge >= 0.3 is 0 Å². The summed E-state index contributed by atoms with van der Waals surface area (Å²) in [6, 6.07) is 30.4. The Morgan fingerprint density at radius 2 is 1.79 bits per heavy atom. The summed E-state index contributed by atoms with van der Waals surface area (Å²) < 4.78 is 13.7. The number of methoxy groups -OCH3 is 1. The standard InChI is InChI=1S/C29H23N3O2/c1-33-29-16-21(15-22(17-30)18-32-20-31-26-11-4-5-12-27(26)32)13-14-28(29)34-19-24-9-6-8-23-7-2-3-10-25(23)24/h2-16,20H,18-19H2,1H3/b22-15-. The molecule has 0 aliphatic rings. The number of hydrogen-bond acceptors (Lipinski definition) is 4. The van der Waals surface area contributed by atoms with Crippen LogP contribution in [-0.4, -0.2) is 16.7 Å². The van der Waals surface area contributed by atoms with Crippen LogP contribution in [0.2, 0.25) is 0 Å². The molecule has 5 aromatic rings. The molecule has 5 heteroatoms. The highest BCUT2D eigenvalue weighted by molar-refractivity contribution is 5.85. The summed E-state index contributed by atoms with van der Waals surface area (Å²) in [6.45, 7) is 0.878. The van der Waals surface area contributed by atoms with E-state index in [0.29, 0.717) is 30.2 Å². The second-order valence-electron chi connectivity index (χ2n) is 7.98. The molecule has 0 amide bonds. The first kappa shape index (κ1) is 21.3. The van der Waals surface area contributed by atoms with Crippen LogP contribution in [-0.2, 0) is 13.2 Å². The number of ether oxygens (including phenoxy) is 2. The van der Waals surface area contributed by atoms with Gasteiger partial charge in [0, 0.05) is 5.57 Å². The molecule has 5 nitrogen and oxygen atoms in total. The van der Waals surface area contributed by atoms with Crippen molar-refractivity contribution in [2.75, 3.05) is 7.11 Å². The van der Waals surface area contributed by atoms with Crippen molar-refractivity contribution in [1.29, 1.82) is 5.26 Å². The van der Waals surface area contributed by atoms with E-state index in [1.807, 2.05) is 71.3 Å². The lowest BCUT2D eigenvalue weighted by atomic mass is 10.1. The number of hydrogen-bond donors (Lipinski definition) is 0. The van der Waals surface area contributed by atoms with Gasteiger partial charge in [0.2, 0.25) is 0 Å². The van der Waals surface area contributed by atoms with E-state index in [1.165, 1.54) is 10.8 Å². The van der Waals surface area contributed by atoms with Crippen molar-refractivity contribution >= 4 is 27.9 Å². The summed E-state index contributed by atoms with van der Waals surface area (Å²) in [6.07, 6.45) is 3.63. The maximum absolute atomic E-state index is 9.73. The Morgan fingerprint density at radius 3 is 2.68 bits per heavy atom. The first-order chi connectivity index (χ1) is 16.7. The largest absolute Gasteiger partial charge is 0.493 e. The maximum Gasteiger partial charge on any atom is 0.161 e. The monoisotopic (exact) mass is 445 g/mol. The molecule has 0 aliphatic carbocycles. The Morgan fingerprint density at radius 1 is 0.971 bits per heavy atom. The SMILES string of the molecule is COc1cc(/C=C(/C#N)Cn2cnc3ccccc32)ccc1OCc1cccc2ccccc12. The number of benzene rings is 4. The van der Waals surface area contributed by atoms with Gasteiger partial charge in [0.25, 0.3) is 0 Å². The Hall–Kier alpha value is -4.56. The fourth-order valence-corrected chi connectivity index (χ4v) is 4.10. The molecule has 0 saturated carbocycles. The number of para-hydroxylation sites is 2. The summed E-state index contributed by atoms with van der Waals surface area (Å²) >= 11 is 0. The van der Waals surface area contributed by atoms with Crippen molar-refractivity contribution in [1.82, 2.24) is 9.55 Å². The second kappa shape index (κ2) is 9.51. The van der Waals surface area contributed by atoms with E-state index < -0.39 is 0 Å². The van der Waals surface area contributed by atoms with Gasteiger partial charge < -0.3 is 14.0 Å². The van der Waals surface area contributed by atoms with Crippen LogP contribution in [0.25, 0.3) is 27.9 Å². The van der Waals surface area contributed by atoms with Gasteiger partial charge in [-0.15, -0.1) is 0 Å². The summed E-state index contributed by atoms with van der Waals surface area (Å²) in [7, 11) is 1.62. The average molecular weight is 446 g/mol. The molecule has 0 atom stereocenters. The predicted octanol–water partition coefficient (Wildman–Crippen LogP) is 6.38. The highest BCUT2D eigenvalue weighted by Gasteiger charge is 2.09. The molecule has 166 valence electrons. The van der Waals surface area contributed by atoms with Crippen LogP contribution in [0.3, 0.4) is 0 Å². The zero-order chi connectivity index (χ0) is 23.3. The van der Waals surface area contributed by atoms with E-state index in [0.717, 1.165) is 22.2 Å². The first-order valence-corrected chi connectivity index (χ1v) is 11.0. The molecule has 0 spiro atoms. The Balaban J connectivity index is 1.36.